The zero-order valence-corrected chi connectivity index (χ0v) is 13.1. The number of hydrogen-bond acceptors (Lipinski definition) is 3. The topological polar surface area (TPSA) is 75.0 Å². The molecule has 1 aromatic heterocycles. The summed E-state index contributed by atoms with van der Waals surface area (Å²) in [5.41, 5.74) is 9.56. The molecule has 3 rings (SSSR count). The fourth-order valence-corrected chi connectivity index (χ4v) is 2.37. The van der Waals surface area contributed by atoms with E-state index >= 15 is 0 Å². The number of H-pyrrole nitrogens is 1. The molecular weight excluding hydrogens is 288 g/mol. The number of imidazole rings is 1. The summed E-state index contributed by atoms with van der Waals surface area (Å²) < 4.78 is 0. The highest BCUT2D eigenvalue weighted by Crippen LogP contribution is 2.20. The van der Waals surface area contributed by atoms with Crippen LogP contribution in [0.15, 0.2) is 48.5 Å². The quantitative estimate of drug-likeness (QED) is 0.728. The van der Waals surface area contributed by atoms with Gasteiger partial charge in [0.25, 0.3) is 5.91 Å². The number of amides is 1. The van der Waals surface area contributed by atoms with Gasteiger partial charge in [-0.25, -0.2) is 4.98 Å². The lowest BCUT2D eigenvalue weighted by molar-refractivity contribution is -0.112. The van der Waals surface area contributed by atoms with Gasteiger partial charge in [-0.15, -0.1) is 0 Å². The van der Waals surface area contributed by atoms with Gasteiger partial charge in [0, 0.05) is 19.8 Å². The standard InChI is InChI=1S/C18H18N4O/c1-22(2)13-9-7-12(8-10-13)11-14(17(19)23)18-20-15-5-3-4-6-16(15)21-18/h3-11H,1-2H3,(H2,19,23)(H,20,21). The van der Waals surface area contributed by atoms with Crippen molar-refractivity contribution in [3.63, 3.8) is 0 Å². The van der Waals surface area contributed by atoms with Gasteiger partial charge in [0.2, 0.25) is 0 Å². The predicted octanol–water partition coefficient (Wildman–Crippen LogP) is 2.65. The summed E-state index contributed by atoms with van der Waals surface area (Å²) in [5, 5.41) is 0. The number of aromatic nitrogens is 2. The molecule has 0 aliphatic carbocycles. The number of para-hydroxylation sites is 2. The molecule has 2 aromatic carbocycles. The van der Waals surface area contributed by atoms with Crippen LogP contribution in [0, 0.1) is 0 Å². The number of hydrogen-bond donors (Lipinski definition) is 2. The number of primary amides is 1. The van der Waals surface area contributed by atoms with Crippen LogP contribution in [0.3, 0.4) is 0 Å². The third-order valence-corrected chi connectivity index (χ3v) is 3.63. The number of benzene rings is 2. The molecule has 1 amide bonds. The summed E-state index contributed by atoms with van der Waals surface area (Å²) in [6.07, 6.45) is 1.75. The number of anilines is 1. The normalized spacial score (nSPS) is 11.7. The van der Waals surface area contributed by atoms with Gasteiger partial charge in [-0.05, 0) is 35.9 Å². The van der Waals surface area contributed by atoms with E-state index in [4.69, 9.17) is 5.73 Å². The fourth-order valence-electron chi connectivity index (χ4n) is 2.37. The molecule has 0 saturated carbocycles. The number of nitrogens with one attached hydrogen (secondary N) is 1. The average molecular weight is 306 g/mol. The molecule has 116 valence electrons. The molecule has 1 heterocycles. The Morgan fingerprint density at radius 2 is 1.83 bits per heavy atom. The van der Waals surface area contributed by atoms with E-state index in [0.717, 1.165) is 22.3 Å². The smallest absolute Gasteiger partial charge is 0.252 e. The maximum Gasteiger partial charge on any atom is 0.252 e. The van der Waals surface area contributed by atoms with Crippen LogP contribution in [0.1, 0.15) is 11.4 Å². The molecule has 0 saturated heterocycles. The summed E-state index contributed by atoms with van der Waals surface area (Å²) >= 11 is 0. The van der Waals surface area contributed by atoms with Crippen molar-refractivity contribution in [1.29, 1.82) is 0 Å². The van der Waals surface area contributed by atoms with E-state index in [9.17, 15) is 4.79 Å². The Labute approximate surface area is 134 Å². The summed E-state index contributed by atoms with van der Waals surface area (Å²) in [6.45, 7) is 0. The Hall–Kier alpha value is -3.08. The number of rotatable bonds is 4. The molecule has 0 fully saturated rings. The Morgan fingerprint density at radius 1 is 1.13 bits per heavy atom. The Morgan fingerprint density at radius 3 is 2.43 bits per heavy atom. The molecule has 0 radical (unpaired) electrons. The first-order valence-electron chi connectivity index (χ1n) is 7.28. The number of carbonyl (C=O) groups excluding carboxylic acids is 1. The third-order valence-electron chi connectivity index (χ3n) is 3.63. The van der Waals surface area contributed by atoms with Crippen molar-refractivity contribution in [3.8, 4) is 0 Å². The maximum absolute atomic E-state index is 11.8. The van der Waals surface area contributed by atoms with E-state index in [-0.39, 0.29) is 0 Å². The number of aromatic amines is 1. The van der Waals surface area contributed by atoms with Crippen molar-refractivity contribution in [1.82, 2.24) is 9.97 Å². The molecule has 0 aliphatic rings. The van der Waals surface area contributed by atoms with Gasteiger partial charge < -0.3 is 15.6 Å². The van der Waals surface area contributed by atoms with Gasteiger partial charge >= 0.3 is 0 Å². The highest BCUT2D eigenvalue weighted by Gasteiger charge is 2.13. The van der Waals surface area contributed by atoms with Crippen molar-refractivity contribution in [3.05, 3.63) is 59.9 Å². The van der Waals surface area contributed by atoms with E-state index < -0.39 is 5.91 Å². The molecule has 0 bridgehead atoms. The van der Waals surface area contributed by atoms with E-state index in [1.807, 2.05) is 67.5 Å². The van der Waals surface area contributed by atoms with Crippen LogP contribution in [0.5, 0.6) is 0 Å². The molecule has 23 heavy (non-hydrogen) atoms. The molecule has 0 spiro atoms. The molecule has 3 aromatic rings. The lowest BCUT2D eigenvalue weighted by Crippen LogP contribution is -2.13. The first kappa shape index (κ1) is 14.8. The zero-order valence-electron chi connectivity index (χ0n) is 13.1. The van der Waals surface area contributed by atoms with Gasteiger partial charge in [0.15, 0.2) is 0 Å². The molecule has 0 unspecified atom stereocenters. The van der Waals surface area contributed by atoms with E-state index in [1.165, 1.54) is 0 Å². The second-order valence-corrected chi connectivity index (χ2v) is 5.51. The number of carbonyl (C=O) groups is 1. The van der Waals surface area contributed by atoms with Crippen LogP contribution in [0.2, 0.25) is 0 Å². The third kappa shape index (κ3) is 3.08. The SMILES string of the molecule is CN(C)c1ccc(C=C(C(N)=O)c2nc3ccccc3[nH]2)cc1. The Balaban J connectivity index is 2.02. The van der Waals surface area contributed by atoms with E-state index in [1.54, 1.807) is 6.08 Å². The lowest BCUT2D eigenvalue weighted by atomic mass is 10.1. The van der Waals surface area contributed by atoms with Crippen molar-refractivity contribution < 1.29 is 4.79 Å². The molecule has 5 heteroatoms. The van der Waals surface area contributed by atoms with Crippen LogP contribution in [-0.2, 0) is 4.79 Å². The second kappa shape index (κ2) is 5.96. The van der Waals surface area contributed by atoms with E-state index in [0.29, 0.717) is 11.4 Å². The monoisotopic (exact) mass is 306 g/mol. The summed E-state index contributed by atoms with van der Waals surface area (Å²) in [6, 6.07) is 15.5. The summed E-state index contributed by atoms with van der Waals surface area (Å²) in [7, 11) is 3.96. The minimum Gasteiger partial charge on any atom is -0.378 e. The van der Waals surface area contributed by atoms with Gasteiger partial charge in [0.05, 0.1) is 16.6 Å². The minimum absolute atomic E-state index is 0.360. The van der Waals surface area contributed by atoms with Crippen LogP contribution in [0.4, 0.5) is 5.69 Å². The Kier molecular flexibility index (Phi) is 3.85. The average Bonchev–Trinajstić information content (AvgIpc) is 2.96. The number of nitrogens with zero attached hydrogens (tertiary/aromatic N) is 2. The second-order valence-electron chi connectivity index (χ2n) is 5.51. The van der Waals surface area contributed by atoms with Gasteiger partial charge in [-0.2, -0.15) is 0 Å². The zero-order chi connectivity index (χ0) is 16.4. The largest absolute Gasteiger partial charge is 0.378 e. The minimum atomic E-state index is -0.513. The van der Waals surface area contributed by atoms with Gasteiger partial charge in [-0.3, -0.25) is 4.79 Å². The van der Waals surface area contributed by atoms with Crippen LogP contribution in [0.25, 0.3) is 22.7 Å². The van der Waals surface area contributed by atoms with Crippen molar-refractivity contribution in [2.24, 2.45) is 5.73 Å². The van der Waals surface area contributed by atoms with Crippen molar-refractivity contribution >= 4 is 34.3 Å². The van der Waals surface area contributed by atoms with Crippen molar-refractivity contribution in [2.45, 2.75) is 0 Å². The molecule has 0 atom stereocenters. The van der Waals surface area contributed by atoms with Gasteiger partial charge in [0.1, 0.15) is 5.82 Å². The molecule has 5 nitrogen and oxygen atoms in total. The molecule has 3 N–H and O–H groups in total. The number of fused-ring (bicyclic) bond motifs is 1. The molecule has 0 aliphatic heterocycles. The Bertz CT molecular complexity index is 842. The highest BCUT2D eigenvalue weighted by atomic mass is 16.1. The van der Waals surface area contributed by atoms with Gasteiger partial charge in [-0.1, -0.05) is 24.3 Å². The van der Waals surface area contributed by atoms with Crippen molar-refractivity contribution in [2.75, 3.05) is 19.0 Å². The van der Waals surface area contributed by atoms with Crippen LogP contribution in [-0.4, -0.2) is 30.0 Å². The summed E-state index contributed by atoms with van der Waals surface area (Å²) in [4.78, 5) is 21.4. The highest BCUT2D eigenvalue weighted by molar-refractivity contribution is 6.22. The first-order valence-corrected chi connectivity index (χ1v) is 7.28. The number of nitrogens with two attached hydrogens (primary N) is 1. The lowest BCUT2D eigenvalue weighted by Gasteiger charge is -2.12. The van der Waals surface area contributed by atoms with Crippen LogP contribution >= 0.6 is 0 Å². The fraction of sp³-hybridized carbons (Fsp3) is 0.111. The summed E-state index contributed by atoms with van der Waals surface area (Å²) in [5.74, 6) is -0.0314. The molecular formula is C18H18N4O. The van der Waals surface area contributed by atoms with E-state index in [2.05, 4.69) is 9.97 Å². The first-order chi connectivity index (χ1) is 11.0. The maximum atomic E-state index is 11.8. The van der Waals surface area contributed by atoms with Crippen LogP contribution < -0.4 is 10.6 Å². The predicted molar refractivity (Wildman–Crippen MR) is 93.9 cm³/mol.